The molecule has 1 aromatic heterocycles. The van der Waals surface area contributed by atoms with Crippen molar-refractivity contribution in [3.05, 3.63) is 54.4 Å². The van der Waals surface area contributed by atoms with Crippen molar-refractivity contribution in [3.63, 3.8) is 0 Å². The van der Waals surface area contributed by atoms with E-state index >= 15 is 0 Å². The number of pyridine rings is 1. The summed E-state index contributed by atoms with van der Waals surface area (Å²) in [5.41, 5.74) is 1.11. The fourth-order valence-corrected chi connectivity index (χ4v) is 3.07. The Hall–Kier alpha value is -2.15. The average Bonchev–Trinajstić information content (AvgIpc) is 2.69. The summed E-state index contributed by atoms with van der Waals surface area (Å²) in [6, 6.07) is 13.4. The lowest BCUT2D eigenvalue weighted by molar-refractivity contribution is 0.0444. The van der Waals surface area contributed by atoms with Crippen LogP contribution in [0.2, 0.25) is 0 Å². The van der Waals surface area contributed by atoms with Crippen molar-refractivity contribution < 1.29 is 14.6 Å². The molecule has 0 unspecified atom stereocenters. The number of hydrogen-bond donors (Lipinski definition) is 1. The summed E-state index contributed by atoms with van der Waals surface area (Å²) in [7, 11) is 1.63. The Morgan fingerprint density at radius 2 is 1.69 bits per heavy atom. The van der Waals surface area contributed by atoms with E-state index in [4.69, 9.17) is 9.47 Å². The fraction of sp³-hybridized carbons (Fsp3) is 0.450. The topological polar surface area (TPSA) is 58.1 Å². The first-order valence-electron chi connectivity index (χ1n) is 9.02. The molecule has 6 nitrogen and oxygen atoms in total. The maximum Gasteiger partial charge on any atom is 0.119 e. The van der Waals surface area contributed by atoms with Crippen LogP contribution in [0, 0.1) is 0 Å². The van der Waals surface area contributed by atoms with Gasteiger partial charge in [0.05, 0.1) is 12.8 Å². The number of methoxy groups -OCH3 is 1. The Labute approximate surface area is 155 Å². The molecule has 2 heterocycles. The van der Waals surface area contributed by atoms with Gasteiger partial charge in [-0.15, -0.1) is 0 Å². The van der Waals surface area contributed by atoms with Crippen molar-refractivity contribution >= 4 is 0 Å². The number of nitrogens with zero attached hydrogens (tertiary/aromatic N) is 3. The molecule has 1 N–H and O–H groups in total. The average molecular weight is 357 g/mol. The van der Waals surface area contributed by atoms with Gasteiger partial charge in [0, 0.05) is 45.5 Å². The van der Waals surface area contributed by atoms with Crippen molar-refractivity contribution in [1.29, 1.82) is 0 Å². The Morgan fingerprint density at radius 3 is 2.35 bits per heavy atom. The van der Waals surface area contributed by atoms with Crippen LogP contribution >= 0.6 is 0 Å². The number of ether oxygens (including phenoxy) is 2. The number of aliphatic hydroxyl groups excluding tert-OH is 1. The highest BCUT2D eigenvalue weighted by Gasteiger charge is 2.19. The summed E-state index contributed by atoms with van der Waals surface area (Å²) in [5, 5.41) is 10.2. The first-order chi connectivity index (χ1) is 12.7. The molecule has 1 fully saturated rings. The van der Waals surface area contributed by atoms with Crippen molar-refractivity contribution in [2.75, 3.05) is 46.4 Å². The predicted molar refractivity (Wildman–Crippen MR) is 100 cm³/mol. The standard InChI is InChI=1S/C20H27N3O3/c1-25-19-5-7-20(8-6-19)26-16-18(24)15-23-12-10-22(11-13-23)14-17-4-2-3-9-21-17/h2-9,18,24H,10-16H2,1H3/t18-/m0/s1. The minimum Gasteiger partial charge on any atom is -0.497 e. The number of piperazine rings is 1. The molecule has 0 spiro atoms. The Morgan fingerprint density at radius 1 is 1.00 bits per heavy atom. The number of rotatable bonds is 8. The van der Waals surface area contributed by atoms with Crippen LogP contribution in [0.5, 0.6) is 11.5 Å². The van der Waals surface area contributed by atoms with Gasteiger partial charge in [-0.05, 0) is 36.4 Å². The minimum atomic E-state index is -0.501. The molecule has 140 valence electrons. The molecule has 0 saturated carbocycles. The number of hydrogen-bond acceptors (Lipinski definition) is 6. The Kier molecular flexibility index (Phi) is 6.82. The second-order valence-corrected chi connectivity index (χ2v) is 6.54. The van der Waals surface area contributed by atoms with Crippen LogP contribution in [0.1, 0.15) is 5.69 Å². The fourth-order valence-electron chi connectivity index (χ4n) is 3.07. The molecule has 1 atom stereocenters. The van der Waals surface area contributed by atoms with E-state index in [1.807, 2.05) is 42.6 Å². The molecule has 0 radical (unpaired) electrons. The van der Waals surface area contributed by atoms with Crippen LogP contribution in [0.15, 0.2) is 48.7 Å². The van der Waals surface area contributed by atoms with E-state index in [9.17, 15) is 5.11 Å². The zero-order valence-electron chi connectivity index (χ0n) is 15.3. The highest BCUT2D eigenvalue weighted by atomic mass is 16.5. The molecule has 1 saturated heterocycles. The maximum atomic E-state index is 10.2. The van der Waals surface area contributed by atoms with Crippen molar-refractivity contribution in [2.24, 2.45) is 0 Å². The molecule has 6 heteroatoms. The second-order valence-electron chi connectivity index (χ2n) is 6.54. The zero-order valence-corrected chi connectivity index (χ0v) is 15.3. The van der Waals surface area contributed by atoms with Crippen molar-refractivity contribution in [3.8, 4) is 11.5 Å². The lowest BCUT2D eigenvalue weighted by Crippen LogP contribution is -2.48. The van der Waals surface area contributed by atoms with Gasteiger partial charge < -0.3 is 14.6 Å². The van der Waals surface area contributed by atoms with Gasteiger partial charge in [0.25, 0.3) is 0 Å². The van der Waals surface area contributed by atoms with Gasteiger partial charge in [0.2, 0.25) is 0 Å². The van der Waals surface area contributed by atoms with Crippen molar-refractivity contribution in [1.82, 2.24) is 14.8 Å². The highest BCUT2D eigenvalue weighted by Crippen LogP contribution is 2.17. The minimum absolute atomic E-state index is 0.292. The van der Waals surface area contributed by atoms with E-state index in [0.717, 1.165) is 49.9 Å². The van der Waals surface area contributed by atoms with Crippen LogP contribution < -0.4 is 9.47 Å². The predicted octanol–water partition coefficient (Wildman–Crippen LogP) is 1.65. The van der Waals surface area contributed by atoms with Gasteiger partial charge in [0.1, 0.15) is 24.2 Å². The van der Waals surface area contributed by atoms with E-state index in [0.29, 0.717) is 13.2 Å². The number of aromatic nitrogens is 1. The summed E-state index contributed by atoms with van der Waals surface area (Å²) in [6.45, 7) is 5.69. The molecule has 3 rings (SSSR count). The molecule has 0 bridgehead atoms. The van der Waals surface area contributed by atoms with Gasteiger partial charge in [-0.1, -0.05) is 6.07 Å². The highest BCUT2D eigenvalue weighted by molar-refractivity contribution is 5.31. The van der Waals surface area contributed by atoms with Crippen LogP contribution in [0.25, 0.3) is 0 Å². The quantitative estimate of drug-likeness (QED) is 0.775. The molecule has 26 heavy (non-hydrogen) atoms. The molecule has 2 aromatic rings. The van der Waals surface area contributed by atoms with Crippen LogP contribution in [-0.4, -0.2) is 72.4 Å². The van der Waals surface area contributed by atoms with E-state index < -0.39 is 6.10 Å². The van der Waals surface area contributed by atoms with E-state index in [1.165, 1.54) is 0 Å². The lowest BCUT2D eigenvalue weighted by atomic mass is 10.2. The summed E-state index contributed by atoms with van der Waals surface area (Å²) in [5.74, 6) is 1.53. The van der Waals surface area contributed by atoms with Gasteiger partial charge in [-0.3, -0.25) is 14.8 Å². The molecule has 1 aliphatic rings. The third-order valence-electron chi connectivity index (χ3n) is 4.55. The Bertz CT molecular complexity index is 643. The normalized spacial score (nSPS) is 17.0. The smallest absolute Gasteiger partial charge is 0.119 e. The monoisotopic (exact) mass is 357 g/mol. The first kappa shape index (κ1) is 18.6. The molecular formula is C20H27N3O3. The van der Waals surface area contributed by atoms with E-state index in [1.54, 1.807) is 7.11 Å². The van der Waals surface area contributed by atoms with Gasteiger partial charge in [-0.2, -0.15) is 0 Å². The van der Waals surface area contributed by atoms with Gasteiger partial charge >= 0.3 is 0 Å². The second kappa shape index (κ2) is 9.52. The summed E-state index contributed by atoms with van der Waals surface area (Å²) >= 11 is 0. The number of aliphatic hydroxyl groups is 1. The van der Waals surface area contributed by atoms with Crippen LogP contribution in [0.3, 0.4) is 0 Å². The number of β-amino-alcohol motifs (C(OH)–C–C–N with tert-alkyl or cyclic N) is 1. The molecule has 0 aliphatic carbocycles. The zero-order chi connectivity index (χ0) is 18.2. The largest absolute Gasteiger partial charge is 0.497 e. The van der Waals surface area contributed by atoms with E-state index in [2.05, 4.69) is 20.9 Å². The molecular weight excluding hydrogens is 330 g/mol. The van der Waals surface area contributed by atoms with Gasteiger partial charge in [0.15, 0.2) is 0 Å². The summed E-state index contributed by atoms with van der Waals surface area (Å²) in [6.07, 6.45) is 1.34. The summed E-state index contributed by atoms with van der Waals surface area (Å²) in [4.78, 5) is 9.08. The van der Waals surface area contributed by atoms with Crippen molar-refractivity contribution in [2.45, 2.75) is 12.6 Å². The third kappa shape index (κ3) is 5.69. The van der Waals surface area contributed by atoms with Crippen LogP contribution in [0.4, 0.5) is 0 Å². The number of benzene rings is 1. The molecule has 0 amide bonds. The maximum absolute atomic E-state index is 10.2. The van der Waals surface area contributed by atoms with Gasteiger partial charge in [-0.25, -0.2) is 0 Å². The lowest BCUT2D eigenvalue weighted by Gasteiger charge is -2.35. The molecule has 1 aliphatic heterocycles. The Balaban J connectivity index is 1.35. The molecule has 1 aromatic carbocycles. The first-order valence-corrected chi connectivity index (χ1v) is 9.02. The third-order valence-corrected chi connectivity index (χ3v) is 4.55. The SMILES string of the molecule is COc1ccc(OC[C@@H](O)CN2CCN(Cc3ccccn3)CC2)cc1. The summed E-state index contributed by atoms with van der Waals surface area (Å²) < 4.78 is 10.8. The van der Waals surface area contributed by atoms with E-state index in [-0.39, 0.29) is 0 Å². The van der Waals surface area contributed by atoms with Crippen LogP contribution in [-0.2, 0) is 6.54 Å².